The van der Waals surface area contributed by atoms with Gasteiger partial charge in [-0.1, -0.05) is 0 Å². The summed E-state index contributed by atoms with van der Waals surface area (Å²) in [6.07, 6.45) is 1.13. The van der Waals surface area contributed by atoms with Crippen molar-refractivity contribution < 1.29 is 14.3 Å². The summed E-state index contributed by atoms with van der Waals surface area (Å²) in [6.45, 7) is 2.20. The molecule has 0 fully saturated rings. The number of esters is 1. The van der Waals surface area contributed by atoms with Crippen LogP contribution >= 0.6 is 22.6 Å². The Morgan fingerprint density at radius 3 is 3.19 bits per heavy atom. The third-order valence-electron chi connectivity index (χ3n) is 2.52. The number of ether oxygens (including phenoxy) is 2. The van der Waals surface area contributed by atoms with Gasteiger partial charge in [-0.05, 0) is 66.1 Å². The highest BCUT2D eigenvalue weighted by molar-refractivity contribution is 14.1. The highest BCUT2D eigenvalue weighted by Crippen LogP contribution is 2.29. The first-order valence-corrected chi connectivity index (χ1v) is 6.40. The molecule has 1 atom stereocenters. The molecule has 4 heteroatoms. The highest BCUT2D eigenvalue weighted by Gasteiger charge is 2.27. The maximum atomic E-state index is 11.5. The zero-order valence-corrected chi connectivity index (χ0v) is 11.2. The van der Waals surface area contributed by atoms with E-state index in [0.717, 1.165) is 12.2 Å². The Balaban J connectivity index is 2.12. The van der Waals surface area contributed by atoms with Crippen LogP contribution in [0.4, 0.5) is 0 Å². The van der Waals surface area contributed by atoms with Gasteiger partial charge in [0.2, 0.25) is 0 Å². The SMILES string of the molecule is CCOC(=O)[C@@H]1CCc2cc(I)ccc2O1. The number of hydrogen-bond acceptors (Lipinski definition) is 3. The van der Waals surface area contributed by atoms with Crippen molar-refractivity contribution in [3.05, 3.63) is 27.3 Å². The largest absolute Gasteiger partial charge is 0.478 e. The summed E-state index contributed by atoms with van der Waals surface area (Å²) < 4.78 is 11.8. The van der Waals surface area contributed by atoms with Crippen molar-refractivity contribution in [1.29, 1.82) is 0 Å². The minimum absolute atomic E-state index is 0.258. The molecule has 2 rings (SSSR count). The lowest BCUT2D eigenvalue weighted by atomic mass is 10.0. The second-order valence-corrected chi connectivity index (χ2v) is 4.89. The first kappa shape index (κ1) is 11.7. The molecule has 0 aliphatic carbocycles. The molecule has 1 heterocycles. The number of aryl methyl sites for hydroxylation is 1. The third-order valence-corrected chi connectivity index (χ3v) is 3.19. The van der Waals surface area contributed by atoms with Crippen molar-refractivity contribution in [3.63, 3.8) is 0 Å². The van der Waals surface area contributed by atoms with Gasteiger partial charge in [0.05, 0.1) is 6.61 Å². The Bertz CT molecular complexity index is 403. The molecule has 0 radical (unpaired) electrons. The van der Waals surface area contributed by atoms with Crippen LogP contribution in [0.3, 0.4) is 0 Å². The summed E-state index contributed by atoms with van der Waals surface area (Å²) in [5.41, 5.74) is 1.17. The van der Waals surface area contributed by atoms with Gasteiger partial charge in [-0.3, -0.25) is 0 Å². The average molecular weight is 332 g/mol. The van der Waals surface area contributed by atoms with Crippen LogP contribution in [0.1, 0.15) is 18.9 Å². The van der Waals surface area contributed by atoms with E-state index in [-0.39, 0.29) is 5.97 Å². The molecule has 0 N–H and O–H groups in total. The van der Waals surface area contributed by atoms with Crippen molar-refractivity contribution in [2.75, 3.05) is 6.61 Å². The molecular formula is C12H13IO3. The van der Waals surface area contributed by atoms with Gasteiger partial charge in [0, 0.05) is 3.57 Å². The minimum Gasteiger partial charge on any atom is -0.478 e. The fraction of sp³-hybridized carbons (Fsp3) is 0.417. The third kappa shape index (κ3) is 2.48. The molecule has 1 aliphatic heterocycles. The molecule has 0 aromatic heterocycles. The van der Waals surface area contributed by atoms with Crippen molar-refractivity contribution in [1.82, 2.24) is 0 Å². The fourth-order valence-electron chi connectivity index (χ4n) is 1.76. The summed E-state index contributed by atoms with van der Waals surface area (Å²) in [6, 6.07) is 5.99. The Labute approximate surface area is 108 Å². The molecule has 16 heavy (non-hydrogen) atoms. The zero-order valence-electron chi connectivity index (χ0n) is 9.03. The minimum atomic E-state index is -0.437. The van der Waals surface area contributed by atoms with E-state index >= 15 is 0 Å². The smallest absolute Gasteiger partial charge is 0.347 e. The van der Waals surface area contributed by atoms with Crippen LogP contribution in [-0.2, 0) is 16.0 Å². The van der Waals surface area contributed by atoms with Crippen LogP contribution in [-0.4, -0.2) is 18.7 Å². The number of rotatable bonds is 2. The van der Waals surface area contributed by atoms with Crippen LogP contribution < -0.4 is 4.74 Å². The summed E-state index contributed by atoms with van der Waals surface area (Å²) in [4.78, 5) is 11.5. The Morgan fingerprint density at radius 2 is 2.44 bits per heavy atom. The van der Waals surface area contributed by atoms with Crippen LogP contribution in [0, 0.1) is 3.57 Å². The molecule has 0 spiro atoms. The summed E-state index contributed by atoms with van der Waals surface area (Å²) in [5, 5.41) is 0. The van der Waals surface area contributed by atoms with E-state index in [1.54, 1.807) is 6.92 Å². The van der Waals surface area contributed by atoms with Crippen molar-refractivity contribution >= 4 is 28.6 Å². The van der Waals surface area contributed by atoms with E-state index in [0.29, 0.717) is 13.0 Å². The first-order valence-electron chi connectivity index (χ1n) is 5.32. The first-order chi connectivity index (χ1) is 7.70. The van der Waals surface area contributed by atoms with Crippen LogP contribution in [0.15, 0.2) is 18.2 Å². The second kappa shape index (κ2) is 5.03. The van der Waals surface area contributed by atoms with Gasteiger partial charge in [-0.15, -0.1) is 0 Å². The zero-order chi connectivity index (χ0) is 11.5. The van der Waals surface area contributed by atoms with Gasteiger partial charge in [-0.2, -0.15) is 0 Å². The van der Waals surface area contributed by atoms with E-state index in [9.17, 15) is 4.79 Å². The van der Waals surface area contributed by atoms with Crippen molar-refractivity contribution in [3.8, 4) is 5.75 Å². The lowest BCUT2D eigenvalue weighted by Crippen LogP contribution is -2.32. The van der Waals surface area contributed by atoms with E-state index in [4.69, 9.17) is 9.47 Å². The molecule has 0 saturated heterocycles. The standard InChI is InChI=1S/C12H13IO3/c1-2-15-12(14)11-5-3-8-7-9(13)4-6-10(8)16-11/h4,6-7,11H,2-3,5H2,1H3/t11-/m0/s1. The summed E-state index contributed by atoms with van der Waals surface area (Å²) >= 11 is 2.27. The normalized spacial score (nSPS) is 18.5. The van der Waals surface area contributed by atoms with Crippen molar-refractivity contribution in [2.45, 2.75) is 25.9 Å². The van der Waals surface area contributed by atoms with Gasteiger partial charge < -0.3 is 9.47 Å². The number of hydrogen-bond donors (Lipinski definition) is 0. The number of halogens is 1. The van der Waals surface area contributed by atoms with Gasteiger partial charge in [-0.25, -0.2) is 4.79 Å². The topological polar surface area (TPSA) is 35.5 Å². The van der Waals surface area contributed by atoms with E-state index in [1.807, 2.05) is 12.1 Å². The van der Waals surface area contributed by atoms with Gasteiger partial charge >= 0.3 is 5.97 Å². The fourth-order valence-corrected chi connectivity index (χ4v) is 2.31. The molecule has 3 nitrogen and oxygen atoms in total. The molecule has 0 amide bonds. The Morgan fingerprint density at radius 1 is 1.62 bits per heavy atom. The molecule has 1 aromatic carbocycles. The van der Waals surface area contributed by atoms with Crippen LogP contribution in [0.2, 0.25) is 0 Å². The predicted octanol–water partition coefficient (Wildman–Crippen LogP) is 2.55. The van der Waals surface area contributed by atoms with E-state index in [2.05, 4.69) is 28.7 Å². The van der Waals surface area contributed by atoms with E-state index < -0.39 is 6.10 Å². The quantitative estimate of drug-likeness (QED) is 0.617. The summed E-state index contributed by atoms with van der Waals surface area (Å²) in [5.74, 6) is 0.552. The highest BCUT2D eigenvalue weighted by atomic mass is 127. The monoisotopic (exact) mass is 332 g/mol. The number of carbonyl (C=O) groups is 1. The maximum Gasteiger partial charge on any atom is 0.347 e. The number of carbonyl (C=O) groups excluding carboxylic acids is 1. The van der Waals surface area contributed by atoms with Crippen LogP contribution in [0.25, 0.3) is 0 Å². The maximum absolute atomic E-state index is 11.5. The van der Waals surface area contributed by atoms with E-state index in [1.165, 1.54) is 9.13 Å². The average Bonchev–Trinajstić information content (AvgIpc) is 2.28. The van der Waals surface area contributed by atoms with Gasteiger partial charge in [0.15, 0.2) is 6.10 Å². The van der Waals surface area contributed by atoms with Gasteiger partial charge in [0.25, 0.3) is 0 Å². The lowest BCUT2D eigenvalue weighted by molar-refractivity contribution is -0.152. The Kier molecular flexibility index (Phi) is 3.68. The Hall–Kier alpha value is -0.780. The molecule has 1 aliphatic rings. The molecule has 86 valence electrons. The van der Waals surface area contributed by atoms with Gasteiger partial charge in [0.1, 0.15) is 5.75 Å². The number of benzene rings is 1. The summed E-state index contributed by atoms with van der Waals surface area (Å²) in [7, 11) is 0. The molecule has 0 saturated carbocycles. The molecule has 1 aromatic rings. The molecular weight excluding hydrogens is 319 g/mol. The number of fused-ring (bicyclic) bond motifs is 1. The molecule has 0 unspecified atom stereocenters. The van der Waals surface area contributed by atoms with Crippen molar-refractivity contribution in [2.24, 2.45) is 0 Å². The second-order valence-electron chi connectivity index (χ2n) is 3.65. The molecule has 0 bridgehead atoms. The lowest BCUT2D eigenvalue weighted by Gasteiger charge is -2.24. The predicted molar refractivity (Wildman–Crippen MR) is 68.5 cm³/mol. The van der Waals surface area contributed by atoms with Crippen LogP contribution in [0.5, 0.6) is 5.75 Å².